The first-order valence-corrected chi connectivity index (χ1v) is 12.4. The Bertz CT molecular complexity index is 1480. The van der Waals surface area contributed by atoms with Gasteiger partial charge >= 0.3 is 0 Å². The summed E-state index contributed by atoms with van der Waals surface area (Å²) in [4.78, 5) is 34.0. The Kier molecular flexibility index (Phi) is 6.97. The SMILES string of the molecule is Cc1cccc(C)c1NC(=O)Cn1c(-c2ccc(F)cc2)nc2c(c1=O)CCN(Cc1ccccc1)C2. The first-order chi connectivity index (χ1) is 17.9. The molecule has 188 valence electrons. The Morgan fingerprint density at radius 2 is 1.68 bits per heavy atom. The monoisotopic (exact) mass is 496 g/mol. The van der Waals surface area contributed by atoms with E-state index in [4.69, 9.17) is 4.98 Å². The van der Waals surface area contributed by atoms with Crippen LogP contribution in [0.15, 0.2) is 77.6 Å². The average molecular weight is 497 g/mol. The van der Waals surface area contributed by atoms with Gasteiger partial charge in [0, 0.05) is 36.4 Å². The topological polar surface area (TPSA) is 67.2 Å². The molecular weight excluding hydrogens is 467 g/mol. The number of halogens is 1. The van der Waals surface area contributed by atoms with E-state index in [1.54, 1.807) is 12.1 Å². The predicted molar refractivity (Wildman–Crippen MR) is 143 cm³/mol. The largest absolute Gasteiger partial charge is 0.324 e. The fourth-order valence-corrected chi connectivity index (χ4v) is 4.86. The zero-order chi connectivity index (χ0) is 25.9. The third-order valence-electron chi connectivity index (χ3n) is 6.80. The van der Waals surface area contributed by atoms with Gasteiger partial charge in [-0.25, -0.2) is 9.37 Å². The first kappa shape index (κ1) is 24.6. The molecule has 1 N–H and O–H groups in total. The molecule has 0 unspecified atom stereocenters. The molecule has 7 heteroatoms. The van der Waals surface area contributed by atoms with E-state index in [9.17, 15) is 14.0 Å². The summed E-state index contributed by atoms with van der Waals surface area (Å²) in [6.45, 7) is 5.69. The van der Waals surface area contributed by atoms with E-state index in [-0.39, 0.29) is 23.8 Å². The summed E-state index contributed by atoms with van der Waals surface area (Å²) in [5.41, 5.74) is 5.53. The van der Waals surface area contributed by atoms with Gasteiger partial charge in [0.1, 0.15) is 18.2 Å². The number of carbonyl (C=O) groups excluding carboxylic acids is 1. The second-order valence-electron chi connectivity index (χ2n) is 9.52. The van der Waals surface area contributed by atoms with Crippen molar-refractivity contribution in [1.29, 1.82) is 0 Å². The normalized spacial score (nSPS) is 13.3. The van der Waals surface area contributed by atoms with E-state index in [1.165, 1.54) is 22.3 Å². The van der Waals surface area contributed by atoms with Crippen molar-refractivity contribution in [1.82, 2.24) is 14.5 Å². The molecule has 0 aliphatic carbocycles. The van der Waals surface area contributed by atoms with Gasteiger partial charge < -0.3 is 5.32 Å². The van der Waals surface area contributed by atoms with Crippen LogP contribution in [0.25, 0.3) is 11.4 Å². The number of amides is 1. The van der Waals surface area contributed by atoms with E-state index >= 15 is 0 Å². The van der Waals surface area contributed by atoms with Crippen molar-refractivity contribution in [3.05, 3.63) is 117 Å². The minimum atomic E-state index is -0.377. The number of fused-ring (bicyclic) bond motifs is 1. The lowest BCUT2D eigenvalue weighted by atomic mass is 10.0. The van der Waals surface area contributed by atoms with Gasteiger partial charge in [-0.15, -0.1) is 0 Å². The van der Waals surface area contributed by atoms with E-state index in [0.29, 0.717) is 35.6 Å². The average Bonchev–Trinajstić information content (AvgIpc) is 2.89. The summed E-state index contributed by atoms with van der Waals surface area (Å²) in [5, 5.41) is 2.96. The van der Waals surface area contributed by atoms with Crippen LogP contribution in [0.4, 0.5) is 10.1 Å². The molecule has 0 bridgehead atoms. The van der Waals surface area contributed by atoms with Crippen LogP contribution in [0, 0.1) is 19.7 Å². The molecule has 0 radical (unpaired) electrons. The Labute approximate surface area is 215 Å². The third kappa shape index (κ3) is 5.37. The zero-order valence-electron chi connectivity index (χ0n) is 21.0. The van der Waals surface area contributed by atoms with Crippen LogP contribution in [-0.2, 0) is 30.8 Å². The van der Waals surface area contributed by atoms with Crippen molar-refractivity contribution >= 4 is 11.6 Å². The van der Waals surface area contributed by atoms with E-state index < -0.39 is 0 Å². The quantitative estimate of drug-likeness (QED) is 0.414. The Morgan fingerprint density at radius 1 is 0.973 bits per heavy atom. The van der Waals surface area contributed by atoms with E-state index in [1.807, 2.05) is 50.2 Å². The molecular formula is C30H29FN4O2. The highest BCUT2D eigenvalue weighted by Gasteiger charge is 2.25. The molecule has 0 atom stereocenters. The van der Waals surface area contributed by atoms with Gasteiger partial charge in [-0.1, -0.05) is 48.5 Å². The van der Waals surface area contributed by atoms with Gasteiger partial charge in [0.15, 0.2) is 0 Å². The molecule has 1 amide bonds. The summed E-state index contributed by atoms with van der Waals surface area (Å²) in [6.07, 6.45) is 0.552. The number of anilines is 1. The zero-order valence-corrected chi connectivity index (χ0v) is 21.0. The molecule has 3 aromatic carbocycles. The number of carbonyl (C=O) groups is 1. The molecule has 1 aliphatic rings. The highest BCUT2D eigenvalue weighted by molar-refractivity contribution is 5.92. The Hall–Kier alpha value is -4.10. The Balaban J connectivity index is 1.49. The minimum absolute atomic E-state index is 0.187. The molecule has 2 heterocycles. The van der Waals surface area contributed by atoms with Crippen LogP contribution in [-0.4, -0.2) is 26.9 Å². The van der Waals surface area contributed by atoms with Crippen molar-refractivity contribution < 1.29 is 9.18 Å². The van der Waals surface area contributed by atoms with Crippen molar-refractivity contribution in [3.63, 3.8) is 0 Å². The third-order valence-corrected chi connectivity index (χ3v) is 6.80. The molecule has 37 heavy (non-hydrogen) atoms. The molecule has 1 aromatic heterocycles. The second-order valence-corrected chi connectivity index (χ2v) is 9.52. The number of benzene rings is 3. The van der Waals surface area contributed by atoms with Gasteiger partial charge in [-0.05, 0) is 61.2 Å². The van der Waals surface area contributed by atoms with Crippen LogP contribution < -0.4 is 10.9 Å². The van der Waals surface area contributed by atoms with Crippen LogP contribution in [0.1, 0.15) is 27.9 Å². The van der Waals surface area contributed by atoms with Gasteiger partial charge in [0.25, 0.3) is 5.56 Å². The van der Waals surface area contributed by atoms with E-state index in [2.05, 4.69) is 22.3 Å². The van der Waals surface area contributed by atoms with Crippen LogP contribution in [0.3, 0.4) is 0 Å². The molecule has 4 aromatic rings. The van der Waals surface area contributed by atoms with Gasteiger partial charge in [-0.3, -0.25) is 19.1 Å². The van der Waals surface area contributed by atoms with Crippen LogP contribution in [0.5, 0.6) is 0 Å². The summed E-state index contributed by atoms with van der Waals surface area (Å²) < 4.78 is 15.1. The highest BCUT2D eigenvalue weighted by Crippen LogP contribution is 2.23. The Morgan fingerprint density at radius 3 is 2.38 bits per heavy atom. The maximum Gasteiger partial charge on any atom is 0.257 e. The lowest BCUT2D eigenvalue weighted by molar-refractivity contribution is -0.116. The smallest absolute Gasteiger partial charge is 0.257 e. The number of para-hydroxylation sites is 1. The molecule has 0 saturated carbocycles. The highest BCUT2D eigenvalue weighted by atomic mass is 19.1. The predicted octanol–water partition coefficient (Wildman–Crippen LogP) is 4.86. The summed E-state index contributed by atoms with van der Waals surface area (Å²) >= 11 is 0. The molecule has 0 spiro atoms. The summed E-state index contributed by atoms with van der Waals surface area (Å²) in [5.74, 6) is -0.328. The maximum atomic E-state index is 13.7. The lowest BCUT2D eigenvalue weighted by Gasteiger charge is -2.29. The van der Waals surface area contributed by atoms with Crippen LogP contribution >= 0.6 is 0 Å². The van der Waals surface area contributed by atoms with Gasteiger partial charge in [0.2, 0.25) is 5.91 Å². The number of nitrogens with one attached hydrogen (secondary N) is 1. The van der Waals surface area contributed by atoms with Crippen molar-refractivity contribution in [2.45, 2.75) is 39.9 Å². The maximum absolute atomic E-state index is 13.7. The van der Waals surface area contributed by atoms with Crippen molar-refractivity contribution in [2.75, 3.05) is 11.9 Å². The number of nitrogens with zero attached hydrogens (tertiary/aromatic N) is 3. The fourth-order valence-electron chi connectivity index (χ4n) is 4.86. The van der Waals surface area contributed by atoms with Gasteiger partial charge in [-0.2, -0.15) is 0 Å². The first-order valence-electron chi connectivity index (χ1n) is 12.4. The molecule has 0 saturated heterocycles. The minimum Gasteiger partial charge on any atom is -0.324 e. The standard InChI is InChI=1S/C30H29FN4O2/c1-20-7-6-8-21(2)28(20)33-27(36)19-35-29(23-11-13-24(31)14-12-23)32-26-18-34(16-15-25(26)30(35)37)17-22-9-4-3-5-10-22/h3-14H,15-19H2,1-2H3,(H,33,36). The molecule has 1 aliphatic heterocycles. The molecule has 0 fully saturated rings. The number of aryl methyl sites for hydroxylation is 2. The summed E-state index contributed by atoms with van der Waals surface area (Å²) in [6, 6.07) is 21.8. The molecule has 5 rings (SSSR count). The second kappa shape index (κ2) is 10.5. The number of hydrogen-bond donors (Lipinski definition) is 1. The molecule has 6 nitrogen and oxygen atoms in total. The number of hydrogen-bond acceptors (Lipinski definition) is 4. The lowest BCUT2D eigenvalue weighted by Crippen LogP contribution is -2.39. The number of aromatic nitrogens is 2. The van der Waals surface area contributed by atoms with Gasteiger partial charge in [0.05, 0.1) is 5.69 Å². The van der Waals surface area contributed by atoms with E-state index in [0.717, 1.165) is 29.9 Å². The summed E-state index contributed by atoms with van der Waals surface area (Å²) in [7, 11) is 0. The van der Waals surface area contributed by atoms with Crippen molar-refractivity contribution in [2.24, 2.45) is 0 Å². The fraction of sp³-hybridized carbons (Fsp3) is 0.233. The number of rotatable bonds is 6. The van der Waals surface area contributed by atoms with Crippen LogP contribution in [0.2, 0.25) is 0 Å². The van der Waals surface area contributed by atoms with Crippen molar-refractivity contribution in [3.8, 4) is 11.4 Å².